The first-order valence-corrected chi connectivity index (χ1v) is 0. The molecule has 0 spiro atoms. The molecule has 0 bridgehead atoms. The zero-order valence-electron chi connectivity index (χ0n) is 47.2. The molecule has 0 saturated carbocycles. The first-order valence-electron chi connectivity index (χ1n) is 0. The molecule has 0 heterocycles. The molecule has 80 heteroatoms. The summed E-state index contributed by atoms with van der Waals surface area (Å²) >= 11 is 0. The van der Waals surface area contributed by atoms with Crippen molar-refractivity contribution in [3.05, 3.63) is 7.43 Å². The van der Waals surface area contributed by atoms with Crippen molar-refractivity contribution in [1.29, 1.82) is 0 Å². The Kier molecular flexibility index (Phi) is 4590. The summed E-state index contributed by atoms with van der Waals surface area (Å²) in [6, 6.07) is 0. The van der Waals surface area contributed by atoms with Crippen molar-refractivity contribution >= 4 is 0 Å². The van der Waals surface area contributed by atoms with Crippen LogP contribution in [0.2, 0.25) is 0 Å². The number of hydrogen-bond acceptors (Lipinski definition) is 0. The minimum absolute atomic E-state index is 0. The van der Waals surface area contributed by atoms with Gasteiger partial charge in [-0.25, -0.2) is 0 Å². The van der Waals surface area contributed by atoms with Crippen molar-refractivity contribution in [2.75, 3.05) is 0 Å². The Balaban J connectivity index is 0. The van der Waals surface area contributed by atoms with Gasteiger partial charge in [-0.3, -0.25) is 0 Å². The fourth-order valence-corrected chi connectivity index (χ4v) is 0. The molecule has 0 aliphatic heterocycles. The van der Waals surface area contributed by atoms with Gasteiger partial charge in [0.25, 0.3) is 0 Å². The van der Waals surface area contributed by atoms with Gasteiger partial charge in [-0.2, -0.15) is 0 Å². The smallest absolute Gasteiger partial charge is 0 e. The van der Waals surface area contributed by atoms with Crippen LogP contribution in [-0.2, 0) is 2620 Å². The second-order valence-electron chi connectivity index (χ2n) is 0. The molecule has 0 rings (SSSR count). The Labute approximate surface area is 2520 Å². The van der Waals surface area contributed by atoms with E-state index in [0.29, 0.717) is 0 Å². The Morgan fingerprint density at radius 3 is 0.0247 bits per heavy atom. The third kappa shape index (κ3) is 597. The van der Waals surface area contributed by atoms with Crippen LogP contribution >= 0.6 is 0 Å². The van der Waals surface area contributed by atoms with Crippen molar-refractivity contribution in [3.8, 4) is 0 Å². The molecule has 0 aromatic rings. The second-order valence-corrected chi connectivity index (χ2v) is 0. The van der Waals surface area contributed by atoms with E-state index in [0.717, 1.165) is 0 Å². The summed E-state index contributed by atoms with van der Waals surface area (Å²) in [6.45, 7) is 0. The molecule has 81 heavy (non-hydrogen) atoms. The Bertz CT molecular complexity index is 7.77. The summed E-state index contributed by atoms with van der Waals surface area (Å²) in [6.07, 6.45) is 0. The third-order valence-corrected chi connectivity index (χ3v) is 0. The Hall–Kier alpha value is 88.3. The minimum Gasteiger partial charge on any atom is -0.358 e. The van der Waals surface area contributed by atoms with Gasteiger partial charge in [0.1, 0.15) is 0 Å². The largest absolute Gasteiger partial charge is 0.358 e. The molecule has 0 saturated heterocycles. The summed E-state index contributed by atoms with van der Waals surface area (Å²) < 4.78 is 0. The molecule has 0 amide bonds. The van der Waals surface area contributed by atoms with Gasteiger partial charge >= 0.3 is 0 Å². The van der Waals surface area contributed by atoms with E-state index >= 15 is 0 Å². The van der Waals surface area contributed by atoms with Crippen LogP contribution in [-0.4, -0.2) is 0 Å². The predicted octanol–water partition coefficient (Wildman–Crippen LogP) is 0.250. The van der Waals surface area contributed by atoms with Crippen LogP contribution in [0, 0.1) is 7.43 Å². The van der Waals surface area contributed by atoms with Gasteiger partial charge in [-0.15, -0.1) is 0 Å². The van der Waals surface area contributed by atoms with Crippen molar-refractivity contribution in [2.45, 2.75) is 0 Å². The molecular formula is CH3Y80-. The fourth-order valence-electron chi connectivity index (χ4n) is 0. The molecule has 0 atom stereocenters. The standard InChI is InChI=1S/CH3.80Y/h1H3;;;;;;;;;;;;;;;;;;;;;;;;;;;;;;;;;;;;;;;;;;;;;;;;;;;;;;;;;;;;;;;;;;;;;;;;;;;;;;;;/q-1;;;;;;;;;;;;;;;;;;;;;;;;;;;;;;;;;;;;;;;;;;;;;;;;;;;;;;;;;;;;;;;;;;;;;;;;;;;;;;;;. The molecule has 248 valence electrons. The summed E-state index contributed by atoms with van der Waals surface area (Å²) in [7, 11) is 0. The molecule has 0 N–H and O–H groups in total. The predicted molar refractivity (Wildman–Crippen MR) is 6.41 cm³/mol. The summed E-state index contributed by atoms with van der Waals surface area (Å²) in [5, 5.41) is 0. The number of rotatable bonds is 0. The van der Waals surface area contributed by atoms with Gasteiger partial charge in [-0.05, 0) is 0 Å². The quantitative estimate of drug-likeness (QED) is 0.306. The van der Waals surface area contributed by atoms with E-state index in [4.69, 9.17) is 0 Å². The molecule has 0 nitrogen and oxygen atoms in total. The van der Waals surface area contributed by atoms with Crippen LogP contribution in [0.5, 0.6) is 0 Å². The molecular weight excluding hydrogens is 7120 g/mol. The van der Waals surface area contributed by atoms with Crippen LogP contribution in [0.4, 0.5) is 0 Å². The van der Waals surface area contributed by atoms with Crippen LogP contribution in [0.25, 0.3) is 0 Å². The zero-order chi connectivity index (χ0) is 0. The van der Waals surface area contributed by atoms with Gasteiger partial charge in [0.05, 0.1) is 0 Å². The Morgan fingerprint density at radius 2 is 0.0247 bits per heavy atom. The van der Waals surface area contributed by atoms with Crippen molar-refractivity contribution in [2.24, 2.45) is 0 Å². The van der Waals surface area contributed by atoms with Crippen LogP contribution in [0.1, 0.15) is 0 Å². The molecule has 80 radical (unpaired) electrons. The molecule has 0 aliphatic carbocycles. The van der Waals surface area contributed by atoms with Gasteiger partial charge in [0.15, 0.2) is 0 Å². The van der Waals surface area contributed by atoms with Crippen molar-refractivity contribution < 1.29 is 2620 Å². The van der Waals surface area contributed by atoms with Crippen molar-refractivity contribution in [1.82, 2.24) is 0 Å². The van der Waals surface area contributed by atoms with Gasteiger partial charge in [0.2, 0.25) is 0 Å². The molecule has 0 aromatic heterocycles. The van der Waals surface area contributed by atoms with Crippen molar-refractivity contribution in [3.63, 3.8) is 0 Å². The van der Waals surface area contributed by atoms with E-state index in [1.807, 2.05) is 0 Å². The maximum Gasteiger partial charge on any atom is 0 e. The van der Waals surface area contributed by atoms with Gasteiger partial charge < -0.3 is 7.43 Å². The second kappa shape index (κ2) is 604. The van der Waals surface area contributed by atoms with E-state index in [1.165, 1.54) is 0 Å². The number of hydrogen-bond donors (Lipinski definition) is 0. The topological polar surface area (TPSA) is 0 Å². The average Bonchev–Trinajstić information content (AvgIpc) is 0. The maximum absolute atomic E-state index is 0. The normalized spacial score (nSPS) is 0. The Morgan fingerprint density at radius 1 is 0.0247 bits per heavy atom. The van der Waals surface area contributed by atoms with E-state index in [9.17, 15) is 0 Å². The average molecular weight is 7130 g/mol. The summed E-state index contributed by atoms with van der Waals surface area (Å²) in [4.78, 5) is 0. The van der Waals surface area contributed by atoms with E-state index in [2.05, 4.69) is 0 Å². The minimum atomic E-state index is 0. The molecule has 0 unspecified atom stereocenters. The fraction of sp³-hybridized carbons (Fsp3) is 0. The monoisotopic (exact) mass is 7130 g/mol. The molecule has 0 aliphatic rings. The van der Waals surface area contributed by atoms with Crippen LogP contribution < -0.4 is 0 Å². The van der Waals surface area contributed by atoms with Gasteiger partial charge in [-0.1, -0.05) is 0 Å². The summed E-state index contributed by atoms with van der Waals surface area (Å²) in [5.41, 5.74) is 0. The first-order chi connectivity index (χ1) is 0. The van der Waals surface area contributed by atoms with E-state index < -0.39 is 0 Å². The third-order valence-electron chi connectivity index (χ3n) is 0. The van der Waals surface area contributed by atoms with E-state index in [-0.39, 0.29) is 2620 Å². The maximum atomic E-state index is 0. The van der Waals surface area contributed by atoms with Gasteiger partial charge in [0, 0.05) is 2620 Å². The van der Waals surface area contributed by atoms with E-state index in [1.54, 1.807) is 0 Å². The van der Waals surface area contributed by atoms with Crippen LogP contribution in [0.15, 0.2) is 0 Å². The zero-order valence-corrected chi connectivity index (χ0v) is 274. The molecule has 0 fully saturated rings. The summed E-state index contributed by atoms with van der Waals surface area (Å²) in [5.74, 6) is 0. The molecule has 0 aromatic carbocycles. The van der Waals surface area contributed by atoms with Crippen LogP contribution in [0.3, 0.4) is 0 Å². The first kappa shape index (κ1) is 615. The SMILES string of the molecule is [CH3-].[Y].[Y].[Y].[Y].[Y].[Y].[Y].[Y].[Y].[Y].[Y].[Y].[Y].[Y].[Y].[Y].[Y].[Y].[Y].[Y].[Y].[Y].[Y].[Y].[Y].[Y].[Y].[Y].[Y].[Y].[Y].[Y].[Y].[Y].[Y].[Y].[Y].[Y].[Y].[Y].[Y].[Y].[Y].[Y].[Y].[Y].[Y].[Y].[Y].[Y].[Y].[Y].[Y].[Y].[Y].[Y].[Y].[Y].[Y].[Y].[Y].[Y].[Y].[Y].[Y].[Y].[Y].[Y].[Y].[Y].[Y].[Y].[Y].[Y].[Y].[Y].[Y].[Y].[Y].[Y].